The van der Waals surface area contributed by atoms with E-state index in [4.69, 9.17) is 5.73 Å². The Labute approximate surface area is 141 Å². The van der Waals surface area contributed by atoms with E-state index in [-0.39, 0.29) is 35.8 Å². The van der Waals surface area contributed by atoms with Gasteiger partial charge in [0.2, 0.25) is 11.8 Å². The van der Waals surface area contributed by atoms with Crippen molar-refractivity contribution < 1.29 is 14.0 Å². The van der Waals surface area contributed by atoms with Gasteiger partial charge >= 0.3 is 0 Å². The molecule has 0 heterocycles. The topological polar surface area (TPSA) is 84.2 Å². The Morgan fingerprint density at radius 2 is 1.87 bits per heavy atom. The maximum Gasteiger partial charge on any atom is 0.240 e. The van der Waals surface area contributed by atoms with Crippen LogP contribution >= 0.6 is 12.4 Å². The molecule has 0 aliphatic heterocycles. The minimum absolute atomic E-state index is 0. The van der Waals surface area contributed by atoms with Gasteiger partial charge in [-0.25, -0.2) is 4.39 Å². The molecule has 0 spiro atoms. The molecule has 0 saturated heterocycles. The molecule has 1 aromatic rings. The van der Waals surface area contributed by atoms with E-state index in [1.54, 1.807) is 6.92 Å². The molecule has 5 nitrogen and oxygen atoms in total. The second-order valence-electron chi connectivity index (χ2n) is 5.80. The number of halogens is 2. The molecule has 0 aromatic heterocycles. The van der Waals surface area contributed by atoms with Gasteiger partial charge in [0.1, 0.15) is 5.82 Å². The molecular weight excluding hydrogens is 321 g/mol. The van der Waals surface area contributed by atoms with Gasteiger partial charge in [0, 0.05) is 11.6 Å². The van der Waals surface area contributed by atoms with Crippen molar-refractivity contribution in [3.05, 3.63) is 24.0 Å². The van der Waals surface area contributed by atoms with Crippen molar-refractivity contribution in [2.24, 2.45) is 11.7 Å². The summed E-state index contributed by atoms with van der Waals surface area (Å²) in [4.78, 5) is 23.7. The first kappa shape index (κ1) is 19.4. The third-order valence-corrected chi connectivity index (χ3v) is 3.88. The standard InChI is InChI=1S/C16H22FN3O2.ClH/c1-10(18)15(21)19-12-7-8-13(17)14(9-12)20-16(22)11-5-3-2-4-6-11;/h7-11H,2-6,18H2,1H3,(H,19,21)(H,20,22);1H/t10-;/m0./s1. The molecule has 2 rings (SSSR count). The van der Waals surface area contributed by atoms with Crippen molar-refractivity contribution in [1.29, 1.82) is 0 Å². The van der Waals surface area contributed by atoms with Crippen molar-refractivity contribution in [2.75, 3.05) is 10.6 Å². The van der Waals surface area contributed by atoms with Crippen molar-refractivity contribution in [3.8, 4) is 0 Å². The number of hydrogen-bond donors (Lipinski definition) is 3. The fourth-order valence-electron chi connectivity index (χ4n) is 2.55. The molecule has 7 heteroatoms. The van der Waals surface area contributed by atoms with Crippen LogP contribution in [-0.2, 0) is 9.59 Å². The summed E-state index contributed by atoms with van der Waals surface area (Å²) in [6.07, 6.45) is 4.90. The minimum atomic E-state index is -0.662. The van der Waals surface area contributed by atoms with Gasteiger partial charge in [0.05, 0.1) is 11.7 Å². The summed E-state index contributed by atoms with van der Waals surface area (Å²) in [6, 6.07) is 3.40. The van der Waals surface area contributed by atoms with E-state index in [1.165, 1.54) is 18.2 Å². The number of amides is 2. The molecule has 1 aromatic carbocycles. The highest BCUT2D eigenvalue weighted by atomic mass is 35.5. The molecule has 0 bridgehead atoms. The van der Waals surface area contributed by atoms with Gasteiger partial charge in [-0.1, -0.05) is 19.3 Å². The average Bonchev–Trinajstić information content (AvgIpc) is 2.51. The van der Waals surface area contributed by atoms with Crippen molar-refractivity contribution in [3.63, 3.8) is 0 Å². The normalized spacial score (nSPS) is 16.1. The SMILES string of the molecule is C[C@H](N)C(=O)Nc1ccc(F)c(NC(=O)C2CCCCC2)c1.Cl. The molecule has 1 saturated carbocycles. The highest BCUT2D eigenvalue weighted by Gasteiger charge is 2.22. The van der Waals surface area contributed by atoms with E-state index < -0.39 is 11.9 Å². The van der Waals surface area contributed by atoms with Crippen LogP contribution in [0.5, 0.6) is 0 Å². The Hall–Kier alpha value is -1.66. The van der Waals surface area contributed by atoms with Gasteiger partial charge in [0.25, 0.3) is 0 Å². The first-order valence-corrected chi connectivity index (χ1v) is 7.64. The second kappa shape index (κ2) is 8.84. The Kier molecular flexibility index (Phi) is 7.45. The number of carbonyl (C=O) groups excluding carboxylic acids is 2. The molecule has 1 aliphatic rings. The fourth-order valence-corrected chi connectivity index (χ4v) is 2.55. The second-order valence-corrected chi connectivity index (χ2v) is 5.80. The Morgan fingerprint density at radius 3 is 2.48 bits per heavy atom. The lowest BCUT2D eigenvalue weighted by molar-refractivity contribution is -0.120. The highest BCUT2D eigenvalue weighted by molar-refractivity contribution is 5.96. The predicted octanol–water partition coefficient (Wildman–Crippen LogP) is 3.05. The summed E-state index contributed by atoms with van der Waals surface area (Å²) in [5, 5.41) is 5.21. The number of rotatable bonds is 4. The van der Waals surface area contributed by atoms with E-state index in [0.717, 1.165) is 32.1 Å². The maximum atomic E-state index is 13.8. The monoisotopic (exact) mass is 343 g/mol. The van der Waals surface area contributed by atoms with Gasteiger partial charge in [-0.2, -0.15) is 0 Å². The first-order valence-electron chi connectivity index (χ1n) is 7.64. The Balaban J connectivity index is 0.00000264. The molecule has 2 amide bonds. The van der Waals surface area contributed by atoms with Crippen LogP contribution in [0.3, 0.4) is 0 Å². The number of nitrogens with one attached hydrogen (secondary N) is 2. The molecule has 1 fully saturated rings. The van der Waals surface area contributed by atoms with Crippen LogP contribution in [0.1, 0.15) is 39.0 Å². The van der Waals surface area contributed by atoms with Crippen LogP contribution in [0, 0.1) is 11.7 Å². The maximum absolute atomic E-state index is 13.8. The fraction of sp³-hybridized carbons (Fsp3) is 0.500. The van der Waals surface area contributed by atoms with Gasteiger partial charge in [-0.05, 0) is 38.0 Å². The minimum Gasteiger partial charge on any atom is -0.325 e. The molecule has 1 aliphatic carbocycles. The zero-order valence-electron chi connectivity index (χ0n) is 13.1. The van der Waals surface area contributed by atoms with Gasteiger partial charge in [-0.15, -0.1) is 12.4 Å². The highest BCUT2D eigenvalue weighted by Crippen LogP contribution is 2.26. The summed E-state index contributed by atoms with van der Waals surface area (Å²) in [5.74, 6) is -1.11. The summed E-state index contributed by atoms with van der Waals surface area (Å²) in [6.45, 7) is 1.56. The predicted molar refractivity (Wildman–Crippen MR) is 91.1 cm³/mol. The smallest absolute Gasteiger partial charge is 0.240 e. The summed E-state index contributed by atoms with van der Waals surface area (Å²) in [7, 11) is 0. The molecule has 128 valence electrons. The van der Waals surface area contributed by atoms with Crippen molar-refractivity contribution >= 4 is 35.6 Å². The van der Waals surface area contributed by atoms with Crippen LogP contribution in [0.15, 0.2) is 18.2 Å². The molecule has 0 radical (unpaired) electrons. The number of benzene rings is 1. The summed E-state index contributed by atoms with van der Waals surface area (Å²) in [5.41, 5.74) is 5.96. The third-order valence-electron chi connectivity index (χ3n) is 3.88. The van der Waals surface area contributed by atoms with Crippen LogP contribution < -0.4 is 16.4 Å². The van der Waals surface area contributed by atoms with E-state index >= 15 is 0 Å². The lowest BCUT2D eigenvalue weighted by Gasteiger charge is -2.21. The number of carbonyl (C=O) groups is 2. The molecule has 23 heavy (non-hydrogen) atoms. The van der Waals surface area contributed by atoms with E-state index in [2.05, 4.69) is 10.6 Å². The van der Waals surface area contributed by atoms with Crippen LogP contribution in [0.4, 0.5) is 15.8 Å². The number of nitrogens with two attached hydrogens (primary N) is 1. The summed E-state index contributed by atoms with van der Waals surface area (Å²) >= 11 is 0. The molecule has 0 unspecified atom stereocenters. The van der Waals surface area contributed by atoms with Gasteiger partial charge in [0.15, 0.2) is 0 Å². The zero-order valence-corrected chi connectivity index (χ0v) is 13.9. The lowest BCUT2D eigenvalue weighted by Crippen LogP contribution is -2.32. The largest absolute Gasteiger partial charge is 0.325 e. The third kappa shape index (κ3) is 5.48. The van der Waals surface area contributed by atoms with Crippen molar-refractivity contribution in [1.82, 2.24) is 0 Å². The van der Waals surface area contributed by atoms with Crippen LogP contribution in [0.2, 0.25) is 0 Å². The first-order chi connectivity index (χ1) is 10.5. The molecular formula is C16H23ClFN3O2. The zero-order chi connectivity index (χ0) is 16.1. The average molecular weight is 344 g/mol. The number of hydrogen-bond acceptors (Lipinski definition) is 3. The quantitative estimate of drug-likeness (QED) is 0.785. The van der Waals surface area contributed by atoms with Crippen molar-refractivity contribution in [2.45, 2.75) is 45.1 Å². The van der Waals surface area contributed by atoms with E-state index in [1.807, 2.05) is 0 Å². The molecule has 4 N–H and O–H groups in total. The van der Waals surface area contributed by atoms with Crippen LogP contribution in [0.25, 0.3) is 0 Å². The van der Waals surface area contributed by atoms with E-state index in [0.29, 0.717) is 5.69 Å². The Bertz CT molecular complexity index is 560. The van der Waals surface area contributed by atoms with Crippen LogP contribution in [-0.4, -0.2) is 17.9 Å². The molecule has 1 atom stereocenters. The number of anilines is 2. The van der Waals surface area contributed by atoms with Gasteiger partial charge < -0.3 is 16.4 Å². The summed E-state index contributed by atoms with van der Waals surface area (Å²) < 4.78 is 13.8. The Morgan fingerprint density at radius 1 is 1.22 bits per heavy atom. The lowest BCUT2D eigenvalue weighted by atomic mass is 9.88. The van der Waals surface area contributed by atoms with Gasteiger partial charge in [-0.3, -0.25) is 9.59 Å². The van der Waals surface area contributed by atoms with E-state index in [9.17, 15) is 14.0 Å².